The van der Waals surface area contributed by atoms with E-state index in [9.17, 15) is 9.59 Å². The normalized spacial score (nSPS) is 14.6. The van der Waals surface area contributed by atoms with Gasteiger partial charge < -0.3 is 20.7 Å². The summed E-state index contributed by atoms with van der Waals surface area (Å²) in [5.74, 6) is 0.708. The van der Waals surface area contributed by atoms with Crippen LogP contribution in [0.2, 0.25) is 0 Å². The van der Waals surface area contributed by atoms with Gasteiger partial charge in [0.1, 0.15) is 5.75 Å². The highest BCUT2D eigenvalue weighted by atomic mass is 16.5. The monoisotopic (exact) mass is 381 g/mol. The van der Waals surface area contributed by atoms with Crippen molar-refractivity contribution in [2.75, 3.05) is 25.9 Å². The Labute approximate surface area is 165 Å². The van der Waals surface area contributed by atoms with Crippen LogP contribution in [0.1, 0.15) is 34.3 Å². The minimum atomic E-state index is -0.108. The summed E-state index contributed by atoms with van der Waals surface area (Å²) >= 11 is 0. The highest BCUT2D eigenvalue weighted by Crippen LogP contribution is 2.20. The molecule has 1 saturated heterocycles. The first-order valence-electron chi connectivity index (χ1n) is 9.54. The molecule has 1 aliphatic rings. The average molecular weight is 381 g/mol. The van der Waals surface area contributed by atoms with Crippen LogP contribution in [-0.4, -0.2) is 43.0 Å². The van der Waals surface area contributed by atoms with Crippen LogP contribution < -0.4 is 15.8 Å². The number of anilines is 1. The largest absolute Gasteiger partial charge is 0.496 e. The van der Waals surface area contributed by atoms with Gasteiger partial charge in [-0.3, -0.25) is 9.59 Å². The van der Waals surface area contributed by atoms with Crippen LogP contribution in [0.3, 0.4) is 0 Å². The number of piperidine rings is 1. The zero-order valence-corrected chi connectivity index (χ0v) is 16.4. The maximum Gasteiger partial charge on any atom is 0.251 e. The molecule has 0 radical (unpaired) electrons. The number of hydrogen-bond acceptors (Lipinski definition) is 4. The van der Waals surface area contributed by atoms with E-state index in [2.05, 4.69) is 5.32 Å². The van der Waals surface area contributed by atoms with Gasteiger partial charge in [-0.1, -0.05) is 24.3 Å². The van der Waals surface area contributed by atoms with Crippen molar-refractivity contribution in [2.24, 2.45) is 0 Å². The number of nitrogens with two attached hydrogens (primary N) is 1. The lowest BCUT2D eigenvalue weighted by Crippen LogP contribution is -2.47. The standard InChI is InChI=1S/C22H27N3O3/c1-15-7-8-17(23)14-19(15)22(27)24-18-9-11-25(12-10-18)21(26)13-16-5-3-4-6-20(16)28-2/h3-8,14,18H,9-13,23H2,1-2H3,(H,24,27). The van der Waals surface area contributed by atoms with Crippen molar-refractivity contribution in [3.05, 3.63) is 59.2 Å². The molecule has 1 aliphatic heterocycles. The molecule has 0 unspecified atom stereocenters. The molecular formula is C22H27N3O3. The summed E-state index contributed by atoms with van der Waals surface area (Å²) in [5.41, 5.74) is 8.77. The van der Waals surface area contributed by atoms with E-state index in [1.165, 1.54) is 0 Å². The fourth-order valence-electron chi connectivity index (χ4n) is 3.54. The molecule has 0 saturated carbocycles. The molecule has 0 bridgehead atoms. The molecule has 6 nitrogen and oxygen atoms in total. The summed E-state index contributed by atoms with van der Waals surface area (Å²) in [5, 5.41) is 3.08. The van der Waals surface area contributed by atoms with Crippen molar-refractivity contribution >= 4 is 17.5 Å². The molecule has 2 aromatic carbocycles. The van der Waals surface area contributed by atoms with E-state index in [0.717, 1.165) is 29.7 Å². The molecule has 148 valence electrons. The lowest BCUT2D eigenvalue weighted by molar-refractivity contribution is -0.131. The van der Waals surface area contributed by atoms with Crippen LogP contribution in [0.5, 0.6) is 5.75 Å². The molecule has 0 atom stereocenters. The summed E-state index contributed by atoms with van der Waals surface area (Å²) < 4.78 is 5.33. The highest BCUT2D eigenvalue weighted by Gasteiger charge is 2.25. The third kappa shape index (κ3) is 4.63. The fourth-order valence-corrected chi connectivity index (χ4v) is 3.54. The van der Waals surface area contributed by atoms with E-state index in [1.54, 1.807) is 19.2 Å². The lowest BCUT2D eigenvalue weighted by Gasteiger charge is -2.32. The van der Waals surface area contributed by atoms with Gasteiger partial charge in [-0.05, 0) is 43.5 Å². The number of benzene rings is 2. The Morgan fingerprint density at radius 3 is 2.61 bits per heavy atom. The Morgan fingerprint density at radius 1 is 1.18 bits per heavy atom. The van der Waals surface area contributed by atoms with Crippen molar-refractivity contribution in [1.29, 1.82) is 0 Å². The van der Waals surface area contributed by atoms with Gasteiger partial charge in [-0.25, -0.2) is 0 Å². The van der Waals surface area contributed by atoms with Gasteiger partial charge in [-0.2, -0.15) is 0 Å². The molecule has 6 heteroatoms. The van der Waals surface area contributed by atoms with Gasteiger partial charge in [0.05, 0.1) is 13.5 Å². The van der Waals surface area contributed by atoms with Crippen molar-refractivity contribution in [3.8, 4) is 5.75 Å². The molecule has 2 aromatic rings. The summed E-state index contributed by atoms with van der Waals surface area (Å²) in [6, 6.07) is 13.0. The number of hydrogen-bond donors (Lipinski definition) is 2. The Bertz CT molecular complexity index is 858. The zero-order chi connectivity index (χ0) is 20.1. The molecule has 0 spiro atoms. The second-order valence-corrected chi connectivity index (χ2v) is 7.19. The minimum absolute atomic E-state index is 0.0589. The van der Waals surface area contributed by atoms with Crippen LogP contribution in [0.25, 0.3) is 0 Å². The lowest BCUT2D eigenvalue weighted by atomic mass is 10.0. The second-order valence-electron chi connectivity index (χ2n) is 7.19. The number of amides is 2. The first-order chi connectivity index (χ1) is 13.5. The molecule has 0 aromatic heterocycles. The molecule has 28 heavy (non-hydrogen) atoms. The number of nitrogen functional groups attached to an aromatic ring is 1. The number of para-hydroxylation sites is 1. The Morgan fingerprint density at radius 2 is 1.89 bits per heavy atom. The van der Waals surface area contributed by atoms with E-state index in [4.69, 9.17) is 10.5 Å². The van der Waals surface area contributed by atoms with Crippen LogP contribution in [0.15, 0.2) is 42.5 Å². The number of ether oxygens (including phenoxy) is 1. The van der Waals surface area contributed by atoms with Gasteiger partial charge in [0.25, 0.3) is 5.91 Å². The number of rotatable bonds is 5. The maximum absolute atomic E-state index is 12.6. The number of carbonyl (C=O) groups is 2. The number of carbonyl (C=O) groups excluding carboxylic acids is 2. The summed E-state index contributed by atoms with van der Waals surface area (Å²) in [7, 11) is 1.61. The number of likely N-dealkylation sites (tertiary alicyclic amines) is 1. The van der Waals surface area contributed by atoms with Crippen LogP contribution in [0, 0.1) is 6.92 Å². The quantitative estimate of drug-likeness (QED) is 0.780. The first-order valence-corrected chi connectivity index (χ1v) is 9.54. The van der Waals surface area contributed by atoms with Gasteiger partial charge in [0, 0.05) is 35.9 Å². The number of methoxy groups -OCH3 is 1. The van der Waals surface area contributed by atoms with Gasteiger partial charge in [0.15, 0.2) is 0 Å². The van der Waals surface area contributed by atoms with Crippen LogP contribution in [-0.2, 0) is 11.2 Å². The zero-order valence-electron chi connectivity index (χ0n) is 16.4. The molecule has 2 amide bonds. The molecule has 1 fully saturated rings. The molecule has 0 aliphatic carbocycles. The van der Waals surface area contributed by atoms with Crippen molar-refractivity contribution in [2.45, 2.75) is 32.2 Å². The third-order valence-corrected chi connectivity index (χ3v) is 5.22. The molecule has 1 heterocycles. The summed E-state index contributed by atoms with van der Waals surface area (Å²) in [6.45, 7) is 3.16. The smallest absolute Gasteiger partial charge is 0.251 e. The van der Waals surface area contributed by atoms with Gasteiger partial charge in [0.2, 0.25) is 5.91 Å². The minimum Gasteiger partial charge on any atom is -0.496 e. The van der Waals surface area contributed by atoms with E-state index < -0.39 is 0 Å². The number of nitrogens with one attached hydrogen (secondary N) is 1. The Balaban J connectivity index is 1.53. The SMILES string of the molecule is COc1ccccc1CC(=O)N1CCC(NC(=O)c2cc(N)ccc2C)CC1. The van der Waals surface area contributed by atoms with Crippen LogP contribution in [0.4, 0.5) is 5.69 Å². The highest BCUT2D eigenvalue weighted by molar-refractivity contribution is 5.96. The van der Waals surface area contributed by atoms with Crippen LogP contribution >= 0.6 is 0 Å². The third-order valence-electron chi connectivity index (χ3n) is 5.22. The van der Waals surface area contributed by atoms with Crippen molar-refractivity contribution in [1.82, 2.24) is 10.2 Å². The number of aryl methyl sites for hydroxylation is 1. The van der Waals surface area contributed by atoms with E-state index in [1.807, 2.05) is 42.2 Å². The molecule has 3 N–H and O–H groups in total. The van der Waals surface area contributed by atoms with E-state index >= 15 is 0 Å². The maximum atomic E-state index is 12.6. The van der Waals surface area contributed by atoms with E-state index in [0.29, 0.717) is 30.8 Å². The van der Waals surface area contributed by atoms with Gasteiger partial charge in [-0.15, -0.1) is 0 Å². The van der Waals surface area contributed by atoms with Crippen molar-refractivity contribution in [3.63, 3.8) is 0 Å². The topological polar surface area (TPSA) is 84.7 Å². The average Bonchev–Trinajstić information content (AvgIpc) is 2.70. The molecular weight excluding hydrogens is 354 g/mol. The predicted octanol–water partition coefficient (Wildman–Crippen LogP) is 2.55. The predicted molar refractivity (Wildman–Crippen MR) is 109 cm³/mol. The number of nitrogens with zero attached hydrogens (tertiary/aromatic N) is 1. The first kappa shape index (κ1) is 19.7. The summed E-state index contributed by atoms with van der Waals surface area (Å²) in [6.07, 6.45) is 1.80. The second kappa shape index (κ2) is 8.78. The Kier molecular flexibility index (Phi) is 6.19. The van der Waals surface area contributed by atoms with Crippen molar-refractivity contribution < 1.29 is 14.3 Å². The fraction of sp³-hybridized carbons (Fsp3) is 0.364. The molecule has 3 rings (SSSR count). The van der Waals surface area contributed by atoms with Gasteiger partial charge >= 0.3 is 0 Å². The summed E-state index contributed by atoms with van der Waals surface area (Å²) in [4.78, 5) is 27.1. The van der Waals surface area contributed by atoms with E-state index in [-0.39, 0.29) is 17.9 Å². The Hall–Kier alpha value is -3.02.